The van der Waals surface area contributed by atoms with Crippen LogP contribution >= 0.6 is 22.7 Å². The molecule has 0 bridgehead atoms. The normalized spacial score (nSPS) is 18.5. The zero-order valence-electron chi connectivity index (χ0n) is 15.6. The van der Waals surface area contributed by atoms with E-state index >= 15 is 0 Å². The molecule has 27 heavy (non-hydrogen) atoms. The molecular formula is C22H25N3S2. The van der Waals surface area contributed by atoms with Crippen LogP contribution in [0.15, 0.2) is 34.5 Å². The minimum absolute atomic E-state index is 0.601. The van der Waals surface area contributed by atoms with Crippen molar-refractivity contribution in [2.24, 2.45) is 0 Å². The van der Waals surface area contributed by atoms with Crippen molar-refractivity contribution in [1.82, 2.24) is 14.9 Å². The largest absolute Gasteiger partial charge is 0.293 e. The van der Waals surface area contributed by atoms with E-state index < -0.39 is 0 Å². The van der Waals surface area contributed by atoms with Gasteiger partial charge >= 0.3 is 0 Å². The molecule has 0 amide bonds. The second kappa shape index (κ2) is 7.82. The lowest BCUT2D eigenvalue weighted by molar-refractivity contribution is 0.244. The van der Waals surface area contributed by atoms with Crippen molar-refractivity contribution >= 4 is 22.7 Å². The molecule has 0 aromatic carbocycles. The number of nitrogens with zero attached hydrogens (tertiary/aromatic N) is 3. The Labute approximate surface area is 169 Å². The number of hydrogen-bond donors (Lipinski definition) is 0. The number of thiophene rings is 2. The maximum Gasteiger partial charge on any atom is 0.131 e. The number of rotatable bonds is 4. The Morgan fingerprint density at radius 2 is 2.04 bits per heavy atom. The zero-order valence-corrected chi connectivity index (χ0v) is 17.2. The van der Waals surface area contributed by atoms with Crippen LogP contribution in [0.4, 0.5) is 0 Å². The van der Waals surface area contributed by atoms with Gasteiger partial charge < -0.3 is 0 Å². The van der Waals surface area contributed by atoms with E-state index in [1.54, 1.807) is 11.3 Å². The van der Waals surface area contributed by atoms with Crippen molar-refractivity contribution in [3.63, 3.8) is 0 Å². The molecule has 1 aliphatic heterocycles. The second-order valence-corrected chi connectivity index (χ2v) is 9.59. The fourth-order valence-electron chi connectivity index (χ4n) is 4.35. The van der Waals surface area contributed by atoms with Crippen molar-refractivity contribution in [3.8, 4) is 11.1 Å². The number of hydrogen-bond acceptors (Lipinski definition) is 5. The van der Waals surface area contributed by atoms with Crippen LogP contribution in [0.2, 0.25) is 0 Å². The van der Waals surface area contributed by atoms with Crippen LogP contribution in [-0.4, -0.2) is 21.4 Å². The minimum atomic E-state index is 0.601. The smallest absolute Gasteiger partial charge is 0.131 e. The van der Waals surface area contributed by atoms with Crippen molar-refractivity contribution in [1.29, 1.82) is 0 Å². The highest BCUT2D eigenvalue weighted by Crippen LogP contribution is 2.32. The van der Waals surface area contributed by atoms with Gasteiger partial charge in [-0.1, -0.05) is 19.3 Å². The van der Waals surface area contributed by atoms with Crippen LogP contribution < -0.4 is 0 Å². The summed E-state index contributed by atoms with van der Waals surface area (Å²) in [6.45, 7) is 3.10. The lowest BCUT2D eigenvalue weighted by Crippen LogP contribution is -2.31. The first-order chi connectivity index (χ1) is 13.3. The van der Waals surface area contributed by atoms with Crippen molar-refractivity contribution in [2.75, 3.05) is 6.54 Å². The maximum atomic E-state index is 4.98. The molecule has 5 rings (SSSR count). The van der Waals surface area contributed by atoms with E-state index in [0.29, 0.717) is 5.92 Å². The van der Waals surface area contributed by atoms with Crippen LogP contribution in [0.3, 0.4) is 0 Å². The molecule has 3 aromatic rings. The molecular weight excluding hydrogens is 370 g/mol. The Hall–Kier alpha value is -1.56. The predicted molar refractivity (Wildman–Crippen MR) is 113 cm³/mol. The van der Waals surface area contributed by atoms with Crippen LogP contribution in [0.25, 0.3) is 11.1 Å². The highest BCUT2D eigenvalue weighted by Gasteiger charge is 2.23. The molecule has 0 N–H and O–H groups in total. The molecule has 1 aliphatic carbocycles. The van der Waals surface area contributed by atoms with E-state index in [4.69, 9.17) is 9.97 Å². The topological polar surface area (TPSA) is 29.0 Å². The molecule has 4 heterocycles. The Morgan fingerprint density at radius 3 is 2.89 bits per heavy atom. The van der Waals surface area contributed by atoms with Crippen LogP contribution in [-0.2, 0) is 19.5 Å². The first kappa shape index (κ1) is 17.5. The highest BCUT2D eigenvalue weighted by atomic mass is 32.1. The molecule has 1 saturated carbocycles. The lowest BCUT2D eigenvalue weighted by atomic mass is 9.88. The first-order valence-electron chi connectivity index (χ1n) is 10.0. The number of aromatic nitrogens is 2. The summed E-state index contributed by atoms with van der Waals surface area (Å²) in [4.78, 5) is 13.7. The third-order valence-corrected chi connectivity index (χ3v) is 7.49. The van der Waals surface area contributed by atoms with E-state index in [2.05, 4.69) is 39.4 Å². The Balaban J connectivity index is 1.26. The predicted octanol–water partition coefficient (Wildman–Crippen LogP) is 5.87. The van der Waals surface area contributed by atoms with E-state index in [9.17, 15) is 0 Å². The van der Waals surface area contributed by atoms with Crippen LogP contribution in [0, 0.1) is 0 Å². The Kier molecular flexibility index (Phi) is 5.08. The Bertz CT molecular complexity index is 894. The van der Waals surface area contributed by atoms with Gasteiger partial charge in [0.1, 0.15) is 5.82 Å². The molecule has 3 nitrogen and oxygen atoms in total. The SMILES string of the molecule is c1cc(-c2csc(CN3CCc4nc(C5CCCCC5)ncc4C3)c2)cs1. The maximum absolute atomic E-state index is 4.98. The van der Waals surface area contributed by atoms with E-state index in [-0.39, 0.29) is 0 Å². The third-order valence-electron chi connectivity index (χ3n) is 5.89. The molecule has 140 valence electrons. The van der Waals surface area contributed by atoms with Gasteiger partial charge in [-0.3, -0.25) is 4.90 Å². The second-order valence-electron chi connectivity index (χ2n) is 7.81. The summed E-state index contributed by atoms with van der Waals surface area (Å²) >= 11 is 3.64. The monoisotopic (exact) mass is 395 g/mol. The van der Waals surface area contributed by atoms with Crippen molar-refractivity contribution < 1.29 is 0 Å². The molecule has 1 fully saturated rings. The van der Waals surface area contributed by atoms with Gasteiger partial charge in [0.2, 0.25) is 0 Å². The average molecular weight is 396 g/mol. The van der Waals surface area contributed by atoms with Gasteiger partial charge in [-0.2, -0.15) is 11.3 Å². The zero-order chi connectivity index (χ0) is 18.1. The van der Waals surface area contributed by atoms with Gasteiger partial charge in [-0.25, -0.2) is 9.97 Å². The van der Waals surface area contributed by atoms with Gasteiger partial charge in [-0.05, 0) is 52.2 Å². The molecule has 0 saturated heterocycles. The summed E-state index contributed by atoms with van der Waals surface area (Å²) in [5, 5.41) is 6.66. The molecule has 2 aliphatic rings. The van der Waals surface area contributed by atoms with E-state index in [0.717, 1.165) is 31.9 Å². The average Bonchev–Trinajstić information content (AvgIpc) is 3.40. The third kappa shape index (κ3) is 3.86. The van der Waals surface area contributed by atoms with Gasteiger partial charge in [-0.15, -0.1) is 11.3 Å². The fourth-order valence-corrected chi connectivity index (χ4v) is 5.95. The van der Waals surface area contributed by atoms with Gasteiger partial charge in [0.05, 0.1) is 0 Å². The summed E-state index contributed by atoms with van der Waals surface area (Å²) < 4.78 is 0. The van der Waals surface area contributed by atoms with Crippen LogP contribution in [0.5, 0.6) is 0 Å². The quantitative estimate of drug-likeness (QED) is 0.553. The van der Waals surface area contributed by atoms with Gasteiger partial charge in [0, 0.05) is 54.3 Å². The first-order valence-corrected chi connectivity index (χ1v) is 11.8. The highest BCUT2D eigenvalue weighted by molar-refractivity contribution is 7.10. The van der Waals surface area contributed by atoms with Crippen LogP contribution in [0.1, 0.15) is 60.0 Å². The van der Waals surface area contributed by atoms with Crippen molar-refractivity contribution in [2.45, 2.75) is 57.5 Å². The summed E-state index contributed by atoms with van der Waals surface area (Å²) in [6, 6.07) is 4.56. The van der Waals surface area contributed by atoms with E-state index in [1.807, 2.05) is 11.3 Å². The van der Waals surface area contributed by atoms with Gasteiger partial charge in [0.25, 0.3) is 0 Å². The fraction of sp³-hybridized carbons (Fsp3) is 0.455. The van der Waals surface area contributed by atoms with Crippen molar-refractivity contribution in [3.05, 3.63) is 56.4 Å². The Morgan fingerprint density at radius 1 is 1.11 bits per heavy atom. The molecule has 0 unspecified atom stereocenters. The molecule has 0 atom stereocenters. The van der Waals surface area contributed by atoms with E-state index in [1.165, 1.54) is 59.4 Å². The summed E-state index contributed by atoms with van der Waals surface area (Å²) in [6.07, 6.45) is 9.78. The molecule has 3 aromatic heterocycles. The molecule has 0 spiro atoms. The summed E-state index contributed by atoms with van der Waals surface area (Å²) in [5.41, 5.74) is 5.33. The van der Waals surface area contributed by atoms with Gasteiger partial charge in [0.15, 0.2) is 0 Å². The molecule has 0 radical (unpaired) electrons. The molecule has 5 heteroatoms. The minimum Gasteiger partial charge on any atom is -0.293 e. The number of fused-ring (bicyclic) bond motifs is 1. The standard InChI is InChI=1S/C22H25N3S2/c1-2-4-16(5-3-1)22-23-11-19-12-25(8-6-21(19)24-22)13-20-10-18(15-27-20)17-7-9-26-14-17/h7,9-11,14-16H,1-6,8,12-13H2. The summed E-state index contributed by atoms with van der Waals surface area (Å²) in [7, 11) is 0. The summed E-state index contributed by atoms with van der Waals surface area (Å²) in [5.74, 6) is 1.71. The lowest BCUT2D eigenvalue weighted by Gasteiger charge is -2.28.